The van der Waals surface area contributed by atoms with Crippen LogP contribution < -0.4 is 14.2 Å². The maximum absolute atomic E-state index is 12.6. The Morgan fingerprint density at radius 2 is 1.86 bits per heavy atom. The van der Waals surface area contributed by atoms with Gasteiger partial charge in [-0.15, -0.1) is 0 Å². The summed E-state index contributed by atoms with van der Waals surface area (Å²) in [6.45, 7) is 4.40. The lowest BCUT2D eigenvalue weighted by Gasteiger charge is -2.20. The molecular formula is C24H23N5O6S. The van der Waals surface area contributed by atoms with E-state index >= 15 is 0 Å². The number of hydrazone groups is 1. The van der Waals surface area contributed by atoms with Crippen molar-refractivity contribution in [1.82, 2.24) is 5.01 Å². The molecule has 2 aliphatic rings. The second-order valence-electron chi connectivity index (χ2n) is 7.97. The van der Waals surface area contributed by atoms with Crippen LogP contribution in [0, 0.1) is 21.4 Å². The molecule has 0 saturated heterocycles. The van der Waals surface area contributed by atoms with Gasteiger partial charge < -0.3 is 14.2 Å². The highest BCUT2D eigenvalue weighted by Gasteiger charge is 2.36. The van der Waals surface area contributed by atoms with E-state index in [1.54, 1.807) is 24.3 Å². The number of carbonyl (C=O) groups is 1. The molecule has 2 heterocycles. The molecule has 12 heteroatoms. The highest BCUT2D eigenvalue weighted by molar-refractivity contribution is 8.27. The van der Waals surface area contributed by atoms with Crippen LogP contribution >= 0.6 is 11.8 Å². The molecule has 0 saturated carbocycles. The minimum Gasteiger partial charge on any atom is -0.493 e. The quantitative estimate of drug-likeness (QED) is 0.228. The van der Waals surface area contributed by atoms with Crippen LogP contribution in [0.2, 0.25) is 0 Å². The molecule has 1 N–H and O–H groups in total. The summed E-state index contributed by atoms with van der Waals surface area (Å²) < 4.78 is 16.7. The molecule has 0 spiro atoms. The van der Waals surface area contributed by atoms with Gasteiger partial charge in [-0.05, 0) is 47.7 Å². The Labute approximate surface area is 211 Å². The number of carbonyl (C=O) groups excluding carboxylic acids is 1. The molecule has 0 fully saturated rings. The van der Waals surface area contributed by atoms with Crippen LogP contribution in [0.1, 0.15) is 19.4 Å². The Bertz CT molecular complexity index is 1300. The molecule has 2 aromatic rings. The summed E-state index contributed by atoms with van der Waals surface area (Å²) in [7, 11) is 1.50. The SMILES string of the molecule is COc1cc(C=C2C(=N)N3N=C(C(C)C)SC3=NC2=O)ccc1OCCOc1ccc([N+](=O)[O-])cc1. The number of benzene rings is 2. The number of non-ortho nitro benzene ring substituents is 1. The summed E-state index contributed by atoms with van der Waals surface area (Å²) in [5, 5.41) is 26.2. The molecule has 11 nitrogen and oxygen atoms in total. The van der Waals surface area contributed by atoms with Gasteiger partial charge >= 0.3 is 0 Å². The van der Waals surface area contributed by atoms with Crippen molar-refractivity contribution in [2.45, 2.75) is 13.8 Å². The topological polar surface area (TPSA) is 140 Å². The van der Waals surface area contributed by atoms with Crippen LogP contribution in [-0.2, 0) is 4.79 Å². The van der Waals surface area contributed by atoms with Gasteiger partial charge in [-0.1, -0.05) is 19.9 Å². The van der Waals surface area contributed by atoms with Gasteiger partial charge in [0, 0.05) is 18.1 Å². The fraction of sp³-hybridized carbons (Fsp3) is 0.250. The molecule has 1 amide bonds. The number of amidine groups is 2. The van der Waals surface area contributed by atoms with Crippen molar-refractivity contribution in [2.24, 2.45) is 16.0 Å². The molecular weight excluding hydrogens is 486 g/mol. The van der Waals surface area contributed by atoms with E-state index in [2.05, 4.69) is 10.1 Å². The summed E-state index contributed by atoms with van der Waals surface area (Å²) in [6, 6.07) is 10.9. The minimum absolute atomic E-state index is 0.0111. The molecule has 36 heavy (non-hydrogen) atoms. The maximum atomic E-state index is 12.6. The monoisotopic (exact) mass is 509 g/mol. The van der Waals surface area contributed by atoms with E-state index in [1.165, 1.54) is 48.1 Å². The third-order valence-electron chi connectivity index (χ3n) is 5.12. The predicted molar refractivity (Wildman–Crippen MR) is 137 cm³/mol. The van der Waals surface area contributed by atoms with Gasteiger partial charge in [0.15, 0.2) is 17.3 Å². The first-order valence-electron chi connectivity index (χ1n) is 10.9. The summed E-state index contributed by atoms with van der Waals surface area (Å²) in [6.07, 6.45) is 1.57. The minimum atomic E-state index is -0.498. The van der Waals surface area contributed by atoms with Crippen molar-refractivity contribution in [3.63, 3.8) is 0 Å². The fourth-order valence-electron chi connectivity index (χ4n) is 3.28. The fourth-order valence-corrected chi connectivity index (χ4v) is 4.17. The van der Waals surface area contributed by atoms with E-state index in [0.717, 1.165) is 5.04 Å². The molecule has 0 radical (unpaired) electrons. The maximum Gasteiger partial charge on any atom is 0.283 e. The number of fused-ring (bicyclic) bond motifs is 1. The summed E-state index contributed by atoms with van der Waals surface area (Å²) >= 11 is 1.30. The van der Waals surface area contributed by atoms with Crippen LogP contribution in [0.15, 0.2) is 58.1 Å². The van der Waals surface area contributed by atoms with Crippen molar-refractivity contribution in [3.8, 4) is 17.2 Å². The third kappa shape index (κ3) is 5.38. The number of ether oxygens (including phenoxy) is 3. The molecule has 0 atom stereocenters. The summed E-state index contributed by atoms with van der Waals surface area (Å²) in [5.74, 6) is 1.03. The zero-order valence-corrected chi connectivity index (χ0v) is 20.6. The van der Waals surface area contributed by atoms with Gasteiger partial charge in [-0.2, -0.15) is 15.1 Å². The first-order chi connectivity index (χ1) is 17.3. The van der Waals surface area contributed by atoms with E-state index in [0.29, 0.717) is 28.0 Å². The summed E-state index contributed by atoms with van der Waals surface area (Å²) in [4.78, 5) is 26.9. The molecule has 0 unspecified atom stereocenters. The molecule has 0 aromatic heterocycles. The van der Waals surface area contributed by atoms with Crippen LogP contribution in [0.3, 0.4) is 0 Å². The van der Waals surface area contributed by atoms with Crippen molar-refractivity contribution < 1.29 is 23.9 Å². The van der Waals surface area contributed by atoms with Crippen LogP contribution in [0.5, 0.6) is 17.2 Å². The smallest absolute Gasteiger partial charge is 0.283 e. The third-order valence-corrected chi connectivity index (χ3v) is 6.33. The standard InChI is InChI=1S/C24H23N5O6S/c1-14(2)23-27-28-21(25)18(22(30)26-24(28)36-23)12-15-4-9-19(20(13-15)33-3)35-11-10-34-17-7-5-16(6-8-17)29(31)32/h4-9,12-14,25H,10-11H2,1-3H3. The van der Waals surface area contributed by atoms with Crippen molar-refractivity contribution >= 4 is 45.5 Å². The first-order valence-corrected chi connectivity index (χ1v) is 11.8. The Morgan fingerprint density at radius 1 is 1.14 bits per heavy atom. The number of thioether (sulfide) groups is 1. The number of hydrogen-bond acceptors (Lipinski definition) is 9. The normalized spacial score (nSPS) is 16.1. The number of nitro groups is 1. The number of nitrogens with zero attached hydrogens (tertiary/aromatic N) is 4. The largest absolute Gasteiger partial charge is 0.493 e. The molecule has 2 aromatic carbocycles. The van der Waals surface area contributed by atoms with Crippen LogP contribution in [0.4, 0.5) is 5.69 Å². The predicted octanol–water partition coefficient (Wildman–Crippen LogP) is 4.34. The van der Waals surface area contributed by atoms with Crippen molar-refractivity contribution in [1.29, 1.82) is 5.41 Å². The van der Waals surface area contributed by atoms with E-state index in [-0.39, 0.29) is 36.2 Å². The number of rotatable bonds is 9. The molecule has 0 aliphatic carbocycles. The van der Waals surface area contributed by atoms with Crippen LogP contribution in [-0.4, -0.2) is 52.2 Å². The number of methoxy groups -OCH3 is 1. The Kier molecular flexibility index (Phi) is 7.34. The second-order valence-corrected chi connectivity index (χ2v) is 8.96. The van der Waals surface area contributed by atoms with Gasteiger partial charge in [-0.3, -0.25) is 20.3 Å². The molecule has 4 rings (SSSR count). The molecule has 186 valence electrons. The molecule has 2 aliphatic heterocycles. The first kappa shape index (κ1) is 24.9. The number of nitro benzene ring substituents is 1. The average Bonchev–Trinajstić information content (AvgIpc) is 3.29. The van der Waals surface area contributed by atoms with E-state index in [9.17, 15) is 14.9 Å². The second kappa shape index (κ2) is 10.6. The van der Waals surface area contributed by atoms with Gasteiger partial charge in [0.1, 0.15) is 24.0 Å². The zero-order valence-electron chi connectivity index (χ0n) is 19.8. The van der Waals surface area contributed by atoms with E-state index < -0.39 is 10.8 Å². The van der Waals surface area contributed by atoms with Crippen LogP contribution in [0.25, 0.3) is 6.08 Å². The lowest BCUT2D eigenvalue weighted by atomic mass is 10.1. The van der Waals surface area contributed by atoms with E-state index in [4.69, 9.17) is 19.6 Å². The Balaban J connectivity index is 1.41. The highest BCUT2D eigenvalue weighted by atomic mass is 32.2. The summed E-state index contributed by atoms with van der Waals surface area (Å²) in [5.41, 5.74) is 0.747. The Hall–Kier alpha value is -4.19. The number of hydrogen-bond donors (Lipinski definition) is 1. The van der Waals surface area contributed by atoms with Gasteiger partial charge in [0.2, 0.25) is 5.17 Å². The van der Waals surface area contributed by atoms with Gasteiger partial charge in [0.05, 0.1) is 17.6 Å². The lowest BCUT2D eigenvalue weighted by molar-refractivity contribution is -0.384. The number of nitrogens with one attached hydrogen (secondary N) is 1. The lowest BCUT2D eigenvalue weighted by Crippen LogP contribution is -2.35. The van der Waals surface area contributed by atoms with Gasteiger partial charge in [0.25, 0.3) is 11.6 Å². The number of amides is 1. The Morgan fingerprint density at radius 3 is 2.53 bits per heavy atom. The molecule has 0 bridgehead atoms. The van der Waals surface area contributed by atoms with Crippen molar-refractivity contribution in [3.05, 3.63) is 63.7 Å². The number of aliphatic imine (C=N–C) groups is 1. The van der Waals surface area contributed by atoms with Crippen molar-refractivity contribution in [2.75, 3.05) is 20.3 Å². The highest BCUT2D eigenvalue weighted by Crippen LogP contribution is 2.32. The van der Waals surface area contributed by atoms with E-state index in [1.807, 2.05) is 13.8 Å². The van der Waals surface area contributed by atoms with Gasteiger partial charge in [-0.25, -0.2) is 0 Å². The average molecular weight is 510 g/mol. The zero-order chi connectivity index (χ0) is 25.8.